The molecule has 5 nitrogen and oxygen atoms in total. The molecule has 0 atom stereocenters. The summed E-state index contributed by atoms with van der Waals surface area (Å²) in [6, 6.07) is 17.4. The molecule has 5 heteroatoms. The van der Waals surface area contributed by atoms with Gasteiger partial charge in [-0.2, -0.15) is 5.10 Å². The molecule has 3 rings (SSSR count). The maximum absolute atomic E-state index is 10.9. The van der Waals surface area contributed by atoms with Crippen LogP contribution in [0.1, 0.15) is 5.56 Å². The molecule has 1 aromatic heterocycles. The first-order valence-electron chi connectivity index (χ1n) is 7.58. The van der Waals surface area contributed by atoms with E-state index in [9.17, 15) is 4.79 Å². The van der Waals surface area contributed by atoms with Crippen molar-refractivity contribution in [3.8, 4) is 11.3 Å². The van der Waals surface area contributed by atoms with Gasteiger partial charge in [-0.1, -0.05) is 54.6 Å². The average molecular weight is 318 g/mol. The lowest BCUT2D eigenvalue weighted by atomic mass is 10.1. The van der Waals surface area contributed by atoms with Gasteiger partial charge in [0.15, 0.2) is 0 Å². The molecule has 0 aliphatic rings. The van der Waals surface area contributed by atoms with E-state index in [1.54, 1.807) is 6.21 Å². The molecule has 3 N–H and O–H groups in total. The summed E-state index contributed by atoms with van der Waals surface area (Å²) in [4.78, 5) is 10.9. The molecule has 3 aromatic rings. The molecular weight excluding hydrogens is 300 g/mol. The summed E-state index contributed by atoms with van der Waals surface area (Å²) in [6.45, 7) is 4.53. The highest BCUT2D eigenvalue weighted by molar-refractivity contribution is 6.06. The number of urea groups is 1. The molecule has 0 aliphatic heterocycles. The van der Waals surface area contributed by atoms with Crippen LogP contribution in [0.2, 0.25) is 0 Å². The highest BCUT2D eigenvalue weighted by atomic mass is 16.2. The second-order valence-corrected chi connectivity index (χ2v) is 5.28. The monoisotopic (exact) mass is 318 g/mol. The normalized spacial score (nSPS) is 11.0. The van der Waals surface area contributed by atoms with Gasteiger partial charge in [-0.05, 0) is 11.6 Å². The SMILES string of the molecule is C=CCn1c(-c2ccccc2)c(/C=N/NC(N)=O)c2ccccc21. The van der Waals surface area contributed by atoms with Gasteiger partial charge in [-0.3, -0.25) is 0 Å². The Morgan fingerprint density at radius 2 is 1.88 bits per heavy atom. The largest absolute Gasteiger partial charge is 0.350 e. The van der Waals surface area contributed by atoms with Crippen LogP contribution in [-0.2, 0) is 6.54 Å². The molecule has 24 heavy (non-hydrogen) atoms. The summed E-state index contributed by atoms with van der Waals surface area (Å²) in [5.74, 6) is 0. The Labute approximate surface area is 140 Å². The van der Waals surface area contributed by atoms with Crippen molar-refractivity contribution in [2.24, 2.45) is 10.8 Å². The molecule has 0 saturated heterocycles. The number of nitrogens with zero attached hydrogens (tertiary/aromatic N) is 2. The van der Waals surface area contributed by atoms with Crippen molar-refractivity contribution in [3.63, 3.8) is 0 Å². The van der Waals surface area contributed by atoms with Gasteiger partial charge in [0.05, 0.1) is 11.9 Å². The van der Waals surface area contributed by atoms with Crippen LogP contribution in [0, 0.1) is 0 Å². The predicted octanol–water partition coefficient (Wildman–Crippen LogP) is 3.50. The molecule has 0 fully saturated rings. The van der Waals surface area contributed by atoms with Crippen LogP contribution >= 0.6 is 0 Å². The van der Waals surface area contributed by atoms with Gasteiger partial charge in [0.2, 0.25) is 0 Å². The number of carbonyl (C=O) groups is 1. The molecule has 0 spiro atoms. The number of hydrogen-bond acceptors (Lipinski definition) is 2. The van der Waals surface area contributed by atoms with E-state index in [0.29, 0.717) is 6.54 Å². The van der Waals surface area contributed by atoms with Crippen LogP contribution in [0.5, 0.6) is 0 Å². The number of allylic oxidation sites excluding steroid dienone is 1. The zero-order valence-electron chi connectivity index (χ0n) is 13.1. The number of rotatable bonds is 5. The molecule has 0 unspecified atom stereocenters. The third-order valence-corrected chi connectivity index (χ3v) is 3.74. The van der Waals surface area contributed by atoms with Gasteiger partial charge in [-0.15, -0.1) is 6.58 Å². The Balaban J connectivity index is 2.28. The van der Waals surface area contributed by atoms with Crippen LogP contribution in [0.25, 0.3) is 22.2 Å². The smallest absolute Gasteiger partial charge is 0.332 e. The molecule has 120 valence electrons. The minimum absolute atomic E-state index is 0.668. The Morgan fingerprint density at radius 3 is 2.58 bits per heavy atom. The number of fused-ring (bicyclic) bond motifs is 1. The number of hydrogen-bond donors (Lipinski definition) is 2. The van der Waals surface area contributed by atoms with E-state index >= 15 is 0 Å². The lowest BCUT2D eigenvalue weighted by molar-refractivity contribution is 0.249. The number of carbonyl (C=O) groups excluding carboxylic acids is 1. The van der Waals surface area contributed by atoms with Gasteiger partial charge in [0.1, 0.15) is 0 Å². The van der Waals surface area contributed by atoms with Gasteiger partial charge < -0.3 is 10.3 Å². The summed E-state index contributed by atoms with van der Waals surface area (Å²) in [7, 11) is 0. The fourth-order valence-electron chi connectivity index (χ4n) is 2.85. The Bertz CT molecular complexity index is 910. The number of primary amides is 1. The topological polar surface area (TPSA) is 72.4 Å². The first kappa shape index (κ1) is 15.6. The predicted molar refractivity (Wildman–Crippen MR) is 97.9 cm³/mol. The number of aromatic nitrogens is 1. The van der Waals surface area contributed by atoms with E-state index in [1.165, 1.54) is 0 Å². The zero-order valence-corrected chi connectivity index (χ0v) is 13.1. The van der Waals surface area contributed by atoms with Crippen molar-refractivity contribution < 1.29 is 4.79 Å². The number of hydrazone groups is 1. The lowest BCUT2D eigenvalue weighted by Crippen LogP contribution is -2.24. The first-order valence-corrected chi connectivity index (χ1v) is 7.58. The molecule has 0 saturated carbocycles. The van der Waals surface area contributed by atoms with Crippen molar-refractivity contribution in [1.29, 1.82) is 0 Å². The fourth-order valence-corrected chi connectivity index (χ4v) is 2.85. The van der Waals surface area contributed by atoms with E-state index < -0.39 is 6.03 Å². The number of nitrogens with two attached hydrogens (primary N) is 1. The third-order valence-electron chi connectivity index (χ3n) is 3.74. The molecule has 0 bridgehead atoms. The quantitative estimate of drug-likeness (QED) is 0.422. The van der Waals surface area contributed by atoms with Crippen LogP contribution < -0.4 is 11.2 Å². The number of amides is 2. The minimum Gasteiger partial charge on any atom is -0.350 e. The zero-order chi connectivity index (χ0) is 16.9. The Morgan fingerprint density at radius 1 is 1.17 bits per heavy atom. The molecule has 1 heterocycles. The summed E-state index contributed by atoms with van der Waals surface area (Å²) in [5, 5.41) is 5.01. The van der Waals surface area contributed by atoms with E-state index in [4.69, 9.17) is 5.73 Å². The molecule has 0 radical (unpaired) electrons. The number of benzene rings is 2. The highest BCUT2D eigenvalue weighted by Gasteiger charge is 2.16. The van der Waals surface area contributed by atoms with Crippen molar-refractivity contribution in [2.45, 2.75) is 6.54 Å². The van der Waals surface area contributed by atoms with E-state index in [1.807, 2.05) is 54.6 Å². The maximum atomic E-state index is 10.9. The molecular formula is C19H18N4O. The molecule has 2 amide bonds. The second kappa shape index (κ2) is 6.83. The standard InChI is InChI=1S/C19H18N4O/c1-2-12-23-17-11-7-6-10-15(17)16(13-21-22-19(20)24)18(23)14-8-4-3-5-9-14/h2-11,13H,1,12H2,(H3,20,22,24)/b21-13+. The minimum atomic E-state index is -0.692. The van der Waals surface area contributed by atoms with Crippen LogP contribution in [0.3, 0.4) is 0 Å². The van der Waals surface area contributed by atoms with Crippen molar-refractivity contribution >= 4 is 23.1 Å². The fraction of sp³-hybridized carbons (Fsp3) is 0.0526. The third kappa shape index (κ3) is 2.92. The molecule has 2 aromatic carbocycles. The highest BCUT2D eigenvalue weighted by Crippen LogP contribution is 2.32. The van der Waals surface area contributed by atoms with Crippen molar-refractivity contribution in [2.75, 3.05) is 0 Å². The average Bonchev–Trinajstić information content (AvgIpc) is 2.90. The first-order chi connectivity index (χ1) is 11.7. The number of para-hydroxylation sites is 1. The van der Waals surface area contributed by atoms with Crippen LogP contribution in [0.4, 0.5) is 4.79 Å². The van der Waals surface area contributed by atoms with Crippen molar-refractivity contribution in [3.05, 3.63) is 72.8 Å². The second-order valence-electron chi connectivity index (χ2n) is 5.28. The summed E-state index contributed by atoms with van der Waals surface area (Å²) in [6.07, 6.45) is 3.50. The van der Waals surface area contributed by atoms with Gasteiger partial charge in [0, 0.05) is 23.0 Å². The summed E-state index contributed by atoms with van der Waals surface area (Å²) in [5.41, 5.74) is 11.4. The van der Waals surface area contributed by atoms with Crippen LogP contribution in [-0.4, -0.2) is 16.8 Å². The molecule has 0 aliphatic carbocycles. The summed E-state index contributed by atoms with van der Waals surface area (Å²) >= 11 is 0. The van der Waals surface area contributed by atoms with E-state index in [0.717, 1.165) is 27.7 Å². The lowest BCUT2D eigenvalue weighted by Gasteiger charge is -2.09. The Kier molecular flexibility index (Phi) is 4.43. The maximum Gasteiger partial charge on any atom is 0.332 e. The van der Waals surface area contributed by atoms with E-state index in [2.05, 4.69) is 27.7 Å². The van der Waals surface area contributed by atoms with Crippen LogP contribution in [0.15, 0.2) is 72.4 Å². The van der Waals surface area contributed by atoms with E-state index in [-0.39, 0.29) is 0 Å². The van der Waals surface area contributed by atoms with Gasteiger partial charge in [-0.25, -0.2) is 10.2 Å². The van der Waals surface area contributed by atoms with Gasteiger partial charge >= 0.3 is 6.03 Å². The Hall–Kier alpha value is -3.34. The van der Waals surface area contributed by atoms with Gasteiger partial charge in [0.25, 0.3) is 0 Å². The summed E-state index contributed by atoms with van der Waals surface area (Å²) < 4.78 is 2.18. The number of nitrogens with one attached hydrogen (secondary N) is 1. The van der Waals surface area contributed by atoms with Crippen molar-refractivity contribution in [1.82, 2.24) is 9.99 Å².